The van der Waals surface area contributed by atoms with Crippen molar-refractivity contribution in [2.45, 2.75) is 58.9 Å². The summed E-state index contributed by atoms with van der Waals surface area (Å²) in [5.74, 6) is 1.08. The van der Waals surface area contributed by atoms with Crippen molar-refractivity contribution >= 4 is 28.6 Å². The second-order valence-corrected chi connectivity index (χ2v) is 12.0. The van der Waals surface area contributed by atoms with E-state index in [0.29, 0.717) is 11.5 Å². The van der Waals surface area contributed by atoms with Gasteiger partial charge in [-0.1, -0.05) is 61.5 Å². The van der Waals surface area contributed by atoms with E-state index in [0.717, 1.165) is 60.0 Å². The van der Waals surface area contributed by atoms with Crippen molar-refractivity contribution in [2.24, 2.45) is 4.99 Å². The Kier molecular flexibility index (Phi) is 10.1. The van der Waals surface area contributed by atoms with Crippen molar-refractivity contribution in [1.82, 2.24) is 20.1 Å². The maximum absolute atomic E-state index is 12.8. The molecule has 5 rings (SSSR count). The Balaban J connectivity index is 1.14. The van der Waals surface area contributed by atoms with Gasteiger partial charge in [0.05, 0.1) is 5.69 Å². The van der Waals surface area contributed by atoms with E-state index in [-0.39, 0.29) is 17.8 Å². The van der Waals surface area contributed by atoms with Crippen LogP contribution in [-0.2, 0) is 12.8 Å². The molecule has 1 aliphatic heterocycles. The van der Waals surface area contributed by atoms with Crippen LogP contribution in [0.25, 0.3) is 17.1 Å². The van der Waals surface area contributed by atoms with Crippen LogP contribution < -0.4 is 15.0 Å². The molecule has 8 nitrogen and oxygen atoms in total. The molecule has 45 heavy (non-hydrogen) atoms. The Bertz CT molecular complexity index is 1640. The normalized spacial score (nSPS) is 15.0. The lowest BCUT2D eigenvalue weighted by molar-refractivity contribution is -0.274. The molecule has 0 spiro atoms. The summed E-state index contributed by atoms with van der Waals surface area (Å²) in [6.07, 6.45) is 0.298. The fraction of sp³-hybridized carbons (Fsp3) is 0.333. The van der Waals surface area contributed by atoms with Crippen LogP contribution in [-0.4, -0.2) is 50.7 Å². The SMILES string of the molecule is CCCc1ccc(C)cc1N1CCSC1=NC(=O)NC(C)CCc1ccc(-c2ncn(-c3ccc(OC(F)(F)F)cc3)n2)cc1. The Hall–Kier alpha value is -4.32. The minimum atomic E-state index is -4.74. The molecule has 12 heteroatoms. The number of hydrogen-bond acceptors (Lipinski definition) is 5. The zero-order valence-electron chi connectivity index (χ0n) is 25.3. The number of amides is 2. The largest absolute Gasteiger partial charge is 0.573 e. The van der Waals surface area contributed by atoms with Gasteiger partial charge in [0, 0.05) is 29.6 Å². The summed E-state index contributed by atoms with van der Waals surface area (Å²) in [7, 11) is 0. The van der Waals surface area contributed by atoms with Crippen LogP contribution in [0.1, 0.15) is 43.4 Å². The second-order valence-electron chi connectivity index (χ2n) is 10.9. The van der Waals surface area contributed by atoms with Gasteiger partial charge in [-0.2, -0.15) is 4.99 Å². The summed E-state index contributed by atoms with van der Waals surface area (Å²) in [5, 5.41) is 8.21. The first kappa shape index (κ1) is 32.1. The molecular weight excluding hydrogens is 601 g/mol. The highest BCUT2D eigenvalue weighted by atomic mass is 32.2. The van der Waals surface area contributed by atoms with Crippen molar-refractivity contribution < 1.29 is 22.7 Å². The third-order valence-corrected chi connectivity index (χ3v) is 8.26. The number of nitrogens with zero attached hydrogens (tertiary/aromatic N) is 5. The fourth-order valence-electron chi connectivity index (χ4n) is 5.05. The number of hydrogen-bond donors (Lipinski definition) is 1. The molecule has 1 fully saturated rings. The number of ether oxygens (including phenoxy) is 1. The van der Waals surface area contributed by atoms with Crippen molar-refractivity contribution in [1.29, 1.82) is 0 Å². The molecule has 0 bridgehead atoms. The third-order valence-electron chi connectivity index (χ3n) is 7.30. The van der Waals surface area contributed by atoms with Crippen molar-refractivity contribution in [3.63, 3.8) is 0 Å². The van der Waals surface area contributed by atoms with E-state index in [2.05, 4.69) is 62.1 Å². The van der Waals surface area contributed by atoms with Crippen molar-refractivity contribution in [3.05, 3.63) is 89.7 Å². The number of aryl methyl sites for hydroxylation is 3. The van der Waals surface area contributed by atoms with Gasteiger partial charge in [0.25, 0.3) is 0 Å². The van der Waals surface area contributed by atoms with Gasteiger partial charge in [-0.3, -0.25) is 0 Å². The summed E-state index contributed by atoms with van der Waals surface area (Å²) in [4.78, 5) is 23.8. The third kappa shape index (κ3) is 8.65. The van der Waals surface area contributed by atoms with E-state index in [1.165, 1.54) is 46.4 Å². The molecule has 0 aliphatic carbocycles. The summed E-state index contributed by atoms with van der Waals surface area (Å²) in [6, 6.07) is 19.3. The highest BCUT2D eigenvalue weighted by Gasteiger charge is 2.31. The molecule has 2 amide bonds. The van der Waals surface area contributed by atoms with E-state index in [1.54, 1.807) is 11.8 Å². The fourth-order valence-corrected chi connectivity index (χ4v) is 6.00. The zero-order valence-corrected chi connectivity index (χ0v) is 26.2. The molecule has 2 heterocycles. The number of carbonyl (C=O) groups excluding carboxylic acids is 1. The minimum absolute atomic E-state index is 0.0683. The molecule has 3 aromatic carbocycles. The van der Waals surface area contributed by atoms with Gasteiger partial charge in [0.2, 0.25) is 0 Å². The van der Waals surface area contributed by atoms with Crippen LogP contribution in [0.5, 0.6) is 5.75 Å². The number of urea groups is 1. The van der Waals surface area contributed by atoms with Crippen LogP contribution in [0.2, 0.25) is 0 Å². The molecule has 1 aromatic heterocycles. The number of rotatable bonds is 10. The lowest BCUT2D eigenvalue weighted by Gasteiger charge is -2.22. The molecule has 0 radical (unpaired) electrons. The van der Waals surface area contributed by atoms with Crippen molar-refractivity contribution in [3.8, 4) is 22.8 Å². The number of thioether (sulfide) groups is 1. The molecule has 1 aliphatic rings. The molecule has 4 aromatic rings. The van der Waals surface area contributed by atoms with Gasteiger partial charge in [-0.25, -0.2) is 14.5 Å². The summed E-state index contributed by atoms with van der Waals surface area (Å²) >= 11 is 1.61. The first-order valence-electron chi connectivity index (χ1n) is 14.8. The smallest absolute Gasteiger partial charge is 0.406 e. The van der Waals surface area contributed by atoms with Crippen LogP contribution in [0.3, 0.4) is 0 Å². The van der Waals surface area contributed by atoms with Crippen LogP contribution in [0.4, 0.5) is 23.7 Å². The Labute approximate surface area is 264 Å². The highest BCUT2D eigenvalue weighted by molar-refractivity contribution is 8.14. The standard InChI is InChI=1S/C33H35F3N6O2S/c1-4-5-25-11-6-22(2)20-29(25)41-18-19-45-32(41)39-31(43)38-23(3)7-8-24-9-12-26(13-10-24)30-37-21-42(40-30)27-14-16-28(17-15-27)44-33(34,35)36/h6,9-17,20-21,23H,4-5,7-8,18-19H2,1-3H3,(H,38,43). The first-order valence-corrected chi connectivity index (χ1v) is 15.8. The van der Waals surface area contributed by atoms with E-state index in [1.807, 2.05) is 31.2 Å². The average molecular weight is 637 g/mol. The van der Waals surface area contributed by atoms with E-state index in [9.17, 15) is 18.0 Å². The number of benzene rings is 3. The molecule has 1 unspecified atom stereocenters. The molecule has 1 saturated heterocycles. The van der Waals surface area contributed by atoms with Gasteiger partial charge >= 0.3 is 12.4 Å². The van der Waals surface area contributed by atoms with Gasteiger partial charge < -0.3 is 15.0 Å². The number of halogens is 3. The maximum atomic E-state index is 12.8. The molecule has 236 valence electrons. The number of aliphatic imine (C=N–C) groups is 1. The van der Waals surface area contributed by atoms with E-state index < -0.39 is 6.36 Å². The lowest BCUT2D eigenvalue weighted by atomic mass is 10.0. The topological polar surface area (TPSA) is 84.6 Å². The summed E-state index contributed by atoms with van der Waals surface area (Å²) in [5.41, 5.74) is 6.06. The first-order chi connectivity index (χ1) is 21.6. The Morgan fingerprint density at radius 3 is 2.56 bits per heavy atom. The molecular formula is C33H35F3N6O2S. The number of carbonyl (C=O) groups is 1. The Morgan fingerprint density at radius 1 is 1.09 bits per heavy atom. The highest BCUT2D eigenvalue weighted by Crippen LogP contribution is 2.31. The van der Waals surface area contributed by atoms with Crippen LogP contribution in [0, 0.1) is 6.92 Å². The summed E-state index contributed by atoms with van der Waals surface area (Å²) in [6.45, 7) is 7.05. The van der Waals surface area contributed by atoms with E-state index in [4.69, 9.17) is 0 Å². The Morgan fingerprint density at radius 2 is 1.84 bits per heavy atom. The summed E-state index contributed by atoms with van der Waals surface area (Å²) < 4.78 is 42.7. The average Bonchev–Trinajstić information content (AvgIpc) is 3.67. The number of alkyl halides is 3. The second kappa shape index (κ2) is 14.2. The van der Waals surface area contributed by atoms with Gasteiger partial charge in [0.15, 0.2) is 11.0 Å². The maximum Gasteiger partial charge on any atom is 0.573 e. The number of anilines is 1. The number of amidine groups is 1. The monoisotopic (exact) mass is 636 g/mol. The predicted molar refractivity (Wildman–Crippen MR) is 172 cm³/mol. The number of nitrogens with one attached hydrogen (secondary N) is 1. The number of aromatic nitrogens is 3. The van der Waals surface area contributed by atoms with Crippen molar-refractivity contribution in [2.75, 3.05) is 17.2 Å². The van der Waals surface area contributed by atoms with Crippen LogP contribution >= 0.6 is 11.8 Å². The predicted octanol–water partition coefficient (Wildman–Crippen LogP) is 7.73. The van der Waals surface area contributed by atoms with E-state index >= 15 is 0 Å². The quantitative estimate of drug-likeness (QED) is 0.192. The lowest BCUT2D eigenvalue weighted by Crippen LogP contribution is -2.33. The van der Waals surface area contributed by atoms with Gasteiger partial charge in [-0.15, -0.1) is 18.3 Å². The molecule has 1 atom stereocenters. The zero-order chi connectivity index (χ0) is 32.0. The minimum Gasteiger partial charge on any atom is -0.406 e. The van der Waals surface area contributed by atoms with Gasteiger partial charge in [-0.05, 0) is 80.1 Å². The molecule has 0 saturated carbocycles. The molecule has 1 N–H and O–H groups in total. The van der Waals surface area contributed by atoms with Crippen LogP contribution in [0.15, 0.2) is 78.0 Å². The van der Waals surface area contributed by atoms with Gasteiger partial charge in [0.1, 0.15) is 12.1 Å².